The summed E-state index contributed by atoms with van der Waals surface area (Å²) < 4.78 is 0. The van der Waals surface area contributed by atoms with Crippen LogP contribution in [0.25, 0.3) is 0 Å². The van der Waals surface area contributed by atoms with Crippen LogP contribution in [0.4, 0.5) is 5.69 Å². The molecule has 0 saturated heterocycles. The number of halogens is 1. The number of para-hydroxylation sites is 1. The third-order valence-electron chi connectivity index (χ3n) is 3.98. The van der Waals surface area contributed by atoms with Gasteiger partial charge in [-0.05, 0) is 41.3 Å². The van der Waals surface area contributed by atoms with Crippen molar-refractivity contribution in [1.29, 1.82) is 0 Å². The summed E-state index contributed by atoms with van der Waals surface area (Å²) in [5, 5.41) is 9.92. The zero-order valence-corrected chi connectivity index (χ0v) is 14.0. The molecule has 0 bridgehead atoms. The lowest BCUT2D eigenvalue weighted by Crippen LogP contribution is -2.17. The Balaban J connectivity index is 1.73. The van der Waals surface area contributed by atoms with E-state index in [2.05, 4.69) is 46.8 Å². The molecule has 3 aromatic rings. The molecule has 2 heterocycles. The fraction of sp³-hybridized carbons (Fsp3) is 0.105. The van der Waals surface area contributed by atoms with E-state index >= 15 is 0 Å². The highest BCUT2D eigenvalue weighted by atomic mass is 35.5. The molecule has 4 heteroatoms. The van der Waals surface area contributed by atoms with Crippen LogP contribution in [0.5, 0.6) is 0 Å². The molecule has 4 rings (SSSR count). The van der Waals surface area contributed by atoms with Crippen molar-refractivity contribution in [2.45, 2.75) is 12.5 Å². The molecule has 1 aromatic heterocycles. The highest BCUT2D eigenvalue weighted by Gasteiger charge is 2.30. The molecule has 1 aliphatic rings. The molecule has 23 heavy (non-hydrogen) atoms. The van der Waals surface area contributed by atoms with Crippen LogP contribution in [0.2, 0.25) is 5.02 Å². The maximum absolute atomic E-state index is 6.00. The molecule has 0 amide bonds. The van der Waals surface area contributed by atoms with E-state index in [4.69, 9.17) is 16.7 Å². The van der Waals surface area contributed by atoms with Crippen LogP contribution in [0.15, 0.2) is 77.2 Å². The summed E-state index contributed by atoms with van der Waals surface area (Å²) in [5.41, 5.74) is 3.35. The first-order chi connectivity index (χ1) is 11.3. The van der Waals surface area contributed by atoms with Crippen molar-refractivity contribution in [2.75, 3.05) is 5.01 Å². The highest BCUT2D eigenvalue weighted by Crippen LogP contribution is 2.38. The van der Waals surface area contributed by atoms with Crippen LogP contribution in [-0.4, -0.2) is 5.71 Å². The first-order valence-corrected chi connectivity index (χ1v) is 8.78. The monoisotopic (exact) mass is 338 g/mol. The molecule has 114 valence electrons. The Bertz CT molecular complexity index is 810. The Morgan fingerprint density at radius 1 is 0.957 bits per heavy atom. The van der Waals surface area contributed by atoms with E-state index in [9.17, 15) is 0 Å². The van der Waals surface area contributed by atoms with Gasteiger partial charge in [0.2, 0.25) is 0 Å². The van der Waals surface area contributed by atoms with E-state index < -0.39 is 0 Å². The Kier molecular flexibility index (Phi) is 3.90. The Hall–Kier alpha value is -2.10. The van der Waals surface area contributed by atoms with Crippen molar-refractivity contribution in [3.8, 4) is 0 Å². The van der Waals surface area contributed by atoms with Gasteiger partial charge in [0.25, 0.3) is 0 Å². The molecule has 0 spiro atoms. The summed E-state index contributed by atoms with van der Waals surface area (Å²) in [6.07, 6.45) is 0.900. The van der Waals surface area contributed by atoms with Crippen LogP contribution in [0, 0.1) is 0 Å². The van der Waals surface area contributed by atoms with Crippen LogP contribution < -0.4 is 5.01 Å². The van der Waals surface area contributed by atoms with Gasteiger partial charge in [0.15, 0.2) is 0 Å². The van der Waals surface area contributed by atoms with E-state index in [-0.39, 0.29) is 6.04 Å². The molecule has 1 aliphatic heterocycles. The lowest BCUT2D eigenvalue weighted by atomic mass is 10.0. The van der Waals surface area contributed by atoms with Crippen LogP contribution in [0.1, 0.15) is 22.9 Å². The van der Waals surface area contributed by atoms with Gasteiger partial charge in [0.1, 0.15) is 0 Å². The Labute approximate surface area is 144 Å². The van der Waals surface area contributed by atoms with Crippen molar-refractivity contribution in [3.63, 3.8) is 0 Å². The average molecular weight is 339 g/mol. The largest absolute Gasteiger partial charge is 0.257 e. The van der Waals surface area contributed by atoms with E-state index in [1.165, 1.54) is 4.88 Å². The number of rotatable bonds is 3. The number of nitrogens with zero attached hydrogens (tertiary/aromatic N) is 2. The highest BCUT2D eigenvalue weighted by molar-refractivity contribution is 7.10. The summed E-state index contributed by atoms with van der Waals surface area (Å²) >= 11 is 7.79. The van der Waals surface area contributed by atoms with Gasteiger partial charge < -0.3 is 0 Å². The second kappa shape index (κ2) is 6.19. The van der Waals surface area contributed by atoms with Crippen LogP contribution in [-0.2, 0) is 0 Å². The molecule has 0 N–H and O–H groups in total. The summed E-state index contributed by atoms with van der Waals surface area (Å²) in [6.45, 7) is 0. The summed E-state index contributed by atoms with van der Waals surface area (Å²) in [7, 11) is 0. The lowest BCUT2D eigenvalue weighted by Gasteiger charge is -2.22. The summed E-state index contributed by atoms with van der Waals surface area (Å²) in [6, 6.07) is 22.8. The van der Waals surface area contributed by atoms with E-state index in [1.807, 2.05) is 30.3 Å². The van der Waals surface area contributed by atoms with Gasteiger partial charge in [0.05, 0.1) is 17.4 Å². The van der Waals surface area contributed by atoms with Crippen molar-refractivity contribution in [2.24, 2.45) is 5.10 Å². The van der Waals surface area contributed by atoms with Crippen molar-refractivity contribution in [1.82, 2.24) is 0 Å². The SMILES string of the molecule is Clc1ccc(C2=NN(c3ccccc3)[C@@H](c3cccs3)C2)cc1. The maximum Gasteiger partial charge on any atom is 0.0923 e. The topological polar surface area (TPSA) is 15.6 Å². The zero-order valence-electron chi connectivity index (χ0n) is 12.4. The fourth-order valence-electron chi connectivity index (χ4n) is 2.85. The molecule has 2 aromatic carbocycles. The van der Waals surface area contributed by atoms with Gasteiger partial charge in [-0.2, -0.15) is 5.10 Å². The third-order valence-corrected chi connectivity index (χ3v) is 5.21. The molecule has 0 radical (unpaired) electrons. The number of hydrazone groups is 1. The van der Waals surface area contributed by atoms with E-state index in [0.717, 1.165) is 28.4 Å². The molecule has 0 saturated carbocycles. The van der Waals surface area contributed by atoms with Crippen LogP contribution in [0.3, 0.4) is 0 Å². The second-order valence-corrected chi connectivity index (χ2v) is 6.88. The summed E-state index contributed by atoms with van der Waals surface area (Å²) in [4.78, 5) is 1.33. The normalized spacial score (nSPS) is 17.3. The van der Waals surface area contributed by atoms with Crippen molar-refractivity contribution in [3.05, 3.63) is 87.6 Å². The number of thiophene rings is 1. The first-order valence-electron chi connectivity index (χ1n) is 7.52. The Morgan fingerprint density at radius 2 is 1.74 bits per heavy atom. The molecule has 0 fully saturated rings. The minimum Gasteiger partial charge on any atom is -0.257 e. The smallest absolute Gasteiger partial charge is 0.0923 e. The number of hydrogen-bond acceptors (Lipinski definition) is 3. The van der Waals surface area contributed by atoms with Gasteiger partial charge in [-0.1, -0.05) is 48.0 Å². The van der Waals surface area contributed by atoms with E-state index in [0.29, 0.717) is 0 Å². The minimum atomic E-state index is 0.253. The van der Waals surface area contributed by atoms with E-state index in [1.54, 1.807) is 11.3 Å². The molecule has 0 aliphatic carbocycles. The predicted octanol–water partition coefficient (Wildman–Crippen LogP) is 5.76. The number of anilines is 1. The third kappa shape index (κ3) is 2.90. The lowest BCUT2D eigenvalue weighted by molar-refractivity contribution is 0.722. The zero-order chi connectivity index (χ0) is 15.6. The first kappa shape index (κ1) is 14.5. The number of hydrogen-bond donors (Lipinski definition) is 0. The fourth-order valence-corrected chi connectivity index (χ4v) is 3.79. The molecular formula is C19H15ClN2S. The predicted molar refractivity (Wildman–Crippen MR) is 98.6 cm³/mol. The standard InChI is InChI=1S/C19H15ClN2S/c20-15-10-8-14(9-11-15)17-13-18(19-7-4-12-23-19)22(21-17)16-5-2-1-3-6-16/h1-12,18H,13H2/t18-/m1/s1. The maximum atomic E-state index is 6.00. The van der Waals surface area contributed by atoms with Crippen LogP contribution >= 0.6 is 22.9 Å². The van der Waals surface area contributed by atoms with Crippen molar-refractivity contribution >= 4 is 34.3 Å². The summed E-state index contributed by atoms with van der Waals surface area (Å²) in [5.74, 6) is 0. The molecule has 0 unspecified atom stereocenters. The Morgan fingerprint density at radius 3 is 2.43 bits per heavy atom. The minimum absolute atomic E-state index is 0.253. The van der Waals surface area contributed by atoms with Gasteiger partial charge in [-0.3, -0.25) is 5.01 Å². The average Bonchev–Trinajstić information content (AvgIpc) is 3.26. The van der Waals surface area contributed by atoms with Gasteiger partial charge in [-0.25, -0.2) is 0 Å². The van der Waals surface area contributed by atoms with Gasteiger partial charge in [0, 0.05) is 16.3 Å². The molecular weight excluding hydrogens is 324 g/mol. The van der Waals surface area contributed by atoms with Gasteiger partial charge in [-0.15, -0.1) is 11.3 Å². The van der Waals surface area contributed by atoms with Gasteiger partial charge >= 0.3 is 0 Å². The molecule has 2 nitrogen and oxygen atoms in total. The molecule has 1 atom stereocenters. The van der Waals surface area contributed by atoms with Crippen molar-refractivity contribution < 1.29 is 0 Å². The second-order valence-electron chi connectivity index (χ2n) is 5.47. The quantitative estimate of drug-likeness (QED) is 0.593. The number of benzene rings is 2.